The summed E-state index contributed by atoms with van der Waals surface area (Å²) in [6, 6.07) is 12.6. The van der Waals surface area contributed by atoms with Gasteiger partial charge in [-0.1, -0.05) is 24.3 Å². The van der Waals surface area contributed by atoms with Gasteiger partial charge in [0, 0.05) is 30.8 Å². The number of likely N-dealkylation sites (tertiary alicyclic amines) is 1. The van der Waals surface area contributed by atoms with Crippen LogP contribution in [0.3, 0.4) is 0 Å². The minimum atomic E-state index is -0.308. The average Bonchev–Trinajstić information content (AvgIpc) is 2.94. The smallest absolute Gasteiger partial charge is 0.248 e. The third kappa shape index (κ3) is 4.17. The van der Waals surface area contributed by atoms with Crippen molar-refractivity contribution in [2.24, 2.45) is 0 Å². The van der Waals surface area contributed by atoms with Gasteiger partial charge in [0.15, 0.2) is 0 Å². The topological polar surface area (TPSA) is 79.4 Å². The van der Waals surface area contributed by atoms with E-state index in [1.165, 1.54) is 11.0 Å². The molecule has 0 aliphatic carbocycles. The van der Waals surface area contributed by atoms with Crippen LogP contribution in [0.25, 0.3) is 6.08 Å². The summed E-state index contributed by atoms with van der Waals surface area (Å²) < 4.78 is 0. The molecule has 0 atom stereocenters. The Balaban J connectivity index is 1.70. The van der Waals surface area contributed by atoms with Crippen molar-refractivity contribution in [2.75, 3.05) is 5.32 Å². The molecule has 3 amide bonds. The fraction of sp³-hybridized carbons (Fsp3) is 0.158. The van der Waals surface area contributed by atoms with Crippen LogP contribution < -0.4 is 5.32 Å². The van der Waals surface area contributed by atoms with E-state index in [9.17, 15) is 14.4 Å². The largest absolute Gasteiger partial charge is 0.322 e. The van der Waals surface area contributed by atoms with Crippen molar-refractivity contribution in [1.82, 2.24) is 9.88 Å². The van der Waals surface area contributed by atoms with Crippen LogP contribution in [0, 0.1) is 0 Å². The summed E-state index contributed by atoms with van der Waals surface area (Å²) in [5.41, 5.74) is 1.97. The molecular formula is C19H17N3O3. The predicted octanol–water partition coefficient (Wildman–Crippen LogP) is 2.38. The van der Waals surface area contributed by atoms with Gasteiger partial charge in [-0.3, -0.25) is 24.3 Å². The SMILES string of the molecule is O=C(/C=C\c1ccccn1)Nc1ccccc1CN1C(=O)CCC1=O. The summed E-state index contributed by atoms with van der Waals surface area (Å²) in [6.45, 7) is 0.165. The monoisotopic (exact) mass is 335 g/mol. The predicted molar refractivity (Wildman–Crippen MR) is 93.1 cm³/mol. The summed E-state index contributed by atoms with van der Waals surface area (Å²) in [6.07, 6.45) is 5.16. The molecule has 0 radical (unpaired) electrons. The Morgan fingerprint density at radius 2 is 1.80 bits per heavy atom. The third-order valence-electron chi connectivity index (χ3n) is 3.85. The molecule has 1 aliphatic heterocycles. The zero-order chi connectivity index (χ0) is 17.6. The lowest BCUT2D eigenvalue weighted by molar-refractivity contribution is -0.139. The Kier molecular flexibility index (Phi) is 4.99. The zero-order valence-corrected chi connectivity index (χ0v) is 13.5. The maximum atomic E-state index is 12.1. The van der Waals surface area contributed by atoms with E-state index in [-0.39, 0.29) is 37.1 Å². The number of hydrogen-bond donors (Lipinski definition) is 1. The molecule has 2 aromatic rings. The van der Waals surface area contributed by atoms with Crippen molar-refractivity contribution in [2.45, 2.75) is 19.4 Å². The molecule has 6 heteroatoms. The first-order chi connectivity index (χ1) is 12.1. The van der Waals surface area contributed by atoms with Crippen LogP contribution in [0.1, 0.15) is 24.1 Å². The number of hydrogen-bond acceptors (Lipinski definition) is 4. The first-order valence-electron chi connectivity index (χ1n) is 7.94. The number of nitrogens with zero attached hydrogens (tertiary/aromatic N) is 2. The highest BCUT2D eigenvalue weighted by atomic mass is 16.2. The summed E-state index contributed by atoms with van der Waals surface area (Å²) in [5, 5.41) is 2.78. The molecule has 0 spiro atoms. The van der Waals surface area contributed by atoms with Crippen molar-refractivity contribution < 1.29 is 14.4 Å². The molecule has 126 valence electrons. The van der Waals surface area contributed by atoms with Crippen LogP contribution in [0.5, 0.6) is 0 Å². The number of imide groups is 1. The van der Waals surface area contributed by atoms with Crippen LogP contribution in [0.2, 0.25) is 0 Å². The van der Waals surface area contributed by atoms with Gasteiger partial charge >= 0.3 is 0 Å². The first-order valence-corrected chi connectivity index (χ1v) is 7.94. The molecular weight excluding hydrogens is 318 g/mol. The molecule has 6 nitrogen and oxygen atoms in total. The van der Waals surface area contributed by atoms with E-state index < -0.39 is 0 Å². The maximum Gasteiger partial charge on any atom is 0.248 e. The van der Waals surface area contributed by atoms with Crippen molar-refractivity contribution in [1.29, 1.82) is 0 Å². The second kappa shape index (κ2) is 7.53. The van der Waals surface area contributed by atoms with Crippen LogP contribution in [-0.4, -0.2) is 27.6 Å². The van der Waals surface area contributed by atoms with Crippen molar-refractivity contribution >= 4 is 29.5 Å². The highest BCUT2D eigenvalue weighted by molar-refractivity contribution is 6.03. The zero-order valence-electron chi connectivity index (χ0n) is 13.5. The van der Waals surface area contributed by atoms with E-state index in [1.807, 2.05) is 6.07 Å². The van der Waals surface area contributed by atoms with E-state index in [0.717, 1.165) is 0 Å². The molecule has 3 rings (SSSR count). The lowest BCUT2D eigenvalue weighted by Crippen LogP contribution is -2.28. The van der Waals surface area contributed by atoms with E-state index in [0.29, 0.717) is 16.9 Å². The average molecular weight is 335 g/mol. The first kappa shape index (κ1) is 16.6. The van der Waals surface area contributed by atoms with Gasteiger partial charge < -0.3 is 5.32 Å². The second-order valence-electron chi connectivity index (χ2n) is 5.61. The molecule has 1 N–H and O–H groups in total. The van der Waals surface area contributed by atoms with E-state index in [2.05, 4.69) is 10.3 Å². The third-order valence-corrected chi connectivity index (χ3v) is 3.85. The number of anilines is 1. The molecule has 0 bridgehead atoms. The Hall–Kier alpha value is -3.28. The van der Waals surface area contributed by atoms with Gasteiger partial charge in [0.25, 0.3) is 0 Å². The number of carbonyl (C=O) groups excluding carboxylic acids is 3. The number of aromatic nitrogens is 1. The van der Waals surface area contributed by atoms with Crippen LogP contribution in [0.4, 0.5) is 5.69 Å². The molecule has 1 saturated heterocycles. The fourth-order valence-corrected chi connectivity index (χ4v) is 2.56. The molecule has 1 aromatic carbocycles. The van der Waals surface area contributed by atoms with Gasteiger partial charge in [-0.05, 0) is 29.8 Å². The molecule has 1 aromatic heterocycles. The number of carbonyl (C=O) groups is 3. The normalized spacial score (nSPS) is 14.3. The van der Waals surface area contributed by atoms with Gasteiger partial charge in [-0.15, -0.1) is 0 Å². The molecule has 25 heavy (non-hydrogen) atoms. The quantitative estimate of drug-likeness (QED) is 0.672. The number of nitrogens with one attached hydrogen (secondary N) is 1. The van der Waals surface area contributed by atoms with Gasteiger partial charge in [-0.25, -0.2) is 0 Å². The van der Waals surface area contributed by atoms with Gasteiger partial charge in [0.2, 0.25) is 17.7 Å². The van der Waals surface area contributed by atoms with Gasteiger partial charge in [0.05, 0.1) is 12.2 Å². The van der Waals surface area contributed by atoms with Crippen molar-refractivity contribution in [3.63, 3.8) is 0 Å². The Morgan fingerprint density at radius 3 is 2.52 bits per heavy atom. The van der Waals surface area contributed by atoms with Crippen LogP contribution in [0.15, 0.2) is 54.7 Å². The summed E-state index contributed by atoms with van der Waals surface area (Å²) in [7, 11) is 0. The molecule has 2 heterocycles. The molecule has 1 fully saturated rings. The summed E-state index contributed by atoms with van der Waals surface area (Å²) in [5.74, 6) is -0.667. The fourth-order valence-electron chi connectivity index (χ4n) is 2.56. The summed E-state index contributed by atoms with van der Waals surface area (Å²) >= 11 is 0. The lowest BCUT2D eigenvalue weighted by atomic mass is 10.1. The second-order valence-corrected chi connectivity index (χ2v) is 5.61. The molecule has 0 unspecified atom stereocenters. The Labute approximate surface area is 145 Å². The molecule has 1 aliphatic rings. The van der Waals surface area contributed by atoms with Gasteiger partial charge in [-0.2, -0.15) is 0 Å². The number of para-hydroxylation sites is 1. The van der Waals surface area contributed by atoms with Gasteiger partial charge in [0.1, 0.15) is 0 Å². The van der Waals surface area contributed by atoms with Crippen molar-refractivity contribution in [3.8, 4) is 0 Å². The Bertz CT molecular complexity index is 815. The minimum absolute atomic E-state index is 0.165. The number of benzene rings is 1. The Morgan fingerprint density at radius 1 is 1.08 bits per heavy atom. The number of amides is 3. The highest BCUT2D eigenvalue weighted by Gasteiger charge is 2.29. The minimum Gasteiger partial charge on any atom is -0.322 e. The summed E-state index contributed by atoms with van der Waals surface area (Å²) in [4.78, 5) is 41.0. The van der Waals surface area contributed by atoms with E-state index in [1.54, 1.807) is 48.7 Å². The van der Waals surface area contributed by atoms with E-state index >= 15 is 0 Å². The highest BCUT2D eigenvalue weighted by Crippen LogP contribution is 2.21. The standard InChI is InChI=1S/C19H17N3O3/c23-17(9-8-15-6-3-4-12-20-15)21-16-7-2-1-5-14(16)13-22-18(24)10-11-19(22)25/h1-9,12H,10-11,13H2,(H,21,23)/b9-8-. The van der Waals surface area contributed by atoms with Crippen molar-refractivity contribution in [3.05, 3.63) is 66.0 Å². The number of pyridine rings is 1. The lowest BCUT2D eigenvalue weighted by Gasteiger charge is -2.16. The number of rotatable bonds is 5. The molecule has 0 saturated carbocycles. The van der Waals surface area contributed by atoms with Crippen LogP contribution >= 0.6 is 0 Å². The van der Waals surface area contributed by atoms with Crippen LogP contribution in [-0.2, 0) is 20.9 Å². The maximum absolute atomic E-state index is 12.1. The van der Waals surface area contributed by atoms with E-state index in [4.69, 9.17) is 0 Å².